The summed E-state index contributed by atoms with van der Waals surface area (Å²) in [6.07, 6.45) is 7.03. The lowest BCUT2D eigenvalue weighted by atomic mass is 9.90. The van der Waals surface area contributed by atoms with Crippen molar-refractivity contribution in [2.75, 3.05) is 0 Å². The highest BCUT2D eigenvalue weighted by atomic mass is 79.9. The summed E-state index contributed by atoms with van der Waals surface area (Å²) < 4.78 is 31.9. The maximum atomic E-state index is 12.9. The van der Waals surface area contributed by atoms with E-state index >= 15 is 0 Å². The van der Waals surface area contributed by atoms with Crippen molar-refractivity contribution in [1.82, 2.24) is 5.01 Å². The van der Waals surface area contributed by atoms with E-state index in [1.807, 2.05) is 6.92 Å². The number of thioether (sulfide) groups is 1. The molecule has 0 atom stereocenters. The molecule has 2 aromatic rings. The lowest BCUT2D eigenvalue weighted by Gasteiger charge is -2.20. The van der Waals surface area contributed by atoms with Gasteiger partial charge in [-0.25, -0.2) is 0 Å². The van der Waals surface area contributed by atoms with Crippen LogP contribution in [0.1, 0.15) is 43.2 Å². The van der Waals surface area contributed by atoms with Crippen LogP contribution in [0.4, 0.5) is 0 Å². The number of amidine groups is 2. The molecule has 0 radical (unpaired) electrons. The number of carbonyl (C=O) groups excluding carboxylic acids is 1. The summed E-state index contributed by atoms with van der Waals surface area (Å²) in [7, 11) is -4.11. The number of hydrogen-bond donors (Lipinski definition) is 1. The van der Waals surface area contributed by atoms with Crippen LogP contribution in [0.5, 0.6) is 5.75 Å². The molecule has 2 aromatic carbocycles. The highest BCUT2D eigenvalue weighted by molar-refractivity contribution is 9.10. The van der Waals surface area contributed by atoms with E-state index in [1.165, 1.54) is 47.5 Å². The molecule has 0 unspecified atom stereocenters. The second-order valence-electron chi connectivity index (χ2n) is 8.83. The number of benzene rings is 2. The van der Waals surface area contributed by atoms with E-state index in [4.69, 9.17) is 9.59 Å². The topological polar surface area (TPSA) is 112 Å². The minimum absolute atomic E-state index is 0.00341. The zero-order valence-electron chi connectivity index (χ0n) is 19.4. The summed E-state index contributed by atoms with van der Waals surface area (Å²) in [5.41, 5.74) is 1.24. The molecule has 0 saturated heterocycles. The van der Waals surface area contributed by atoms with Gasteiger partial charge in [-0.1, -0.05) is 52.9 Å². The fraction of sp³-hybridized carbons (Fsp3) is 0.280. The molecule has 0 aromatic heterocycles. The number of aliphatic imine (C=N–C) groups is 1. The van der Waals surface area contributed by atoms with Gasteiger partial charge in [0, 0.05) is 16.0 Å². The van der Waals surface area contributed by atoms with E-state index in [9.17, 15) is 13.2 Å². The predicted octanol–water partition coefficient (Wildman–Crippen LogP) is 5.72. The van der Waals surface area contributed by atoms with Crippen LogP contribution in [-0.2, 0) is 14.9 Å². The monoisotopic (exact) mass is 586 g/mol. The Morgan fingerprint density at radius 2 is 1.86 bits per heavy atom. The zero-order valence-corrected chi connectivity index (χ0v) is 22.6. The predicted molar refractivity (Wildman–Crippen MR) is 145 cm³/mol. The molecule has 1 fully saturated rings. The summed E-state index contributed by atoms with van der Waals surface area (Å²) >= 11 is 4.74. The maximum absolute atomic E-state index is 12.9. The normalized spacial score (nSPS) is 19.8. The van der Waals surface area contributed by atoms with Crippen molar-refractivity contribution < 1.29 is 17.4 Å². The van der Waals surface area contributed by atoms with Crippen molar-refractivity contribution in [3.63, 3.8) is 0 Å². The first-order chi connectivity index (χ1) is 17.2. The van der Waals surface area contributed by atoms with Gasteiger partial charge in [0.1, 0.15) is 15.7 Å². The molecule has 11 heteroatoms. The van der Waals surface area contributed by atoms with E-state index in [-0.39, 0.29) is 22.1 Å². The molecule has 2 aliphatic heterocycles. The molecule has 5 rings (SSSR count). The molecule has 36 heavy (non-hydrogen) atoms. The van der Waals surface area contributed by atoms with Crippen LogP contribution < -0.4 is 4.18 Å². The van der Waals surface area contributed by atoms with E-state index in [1.54, 1.807) is 24.3 Å². The Labute approximate surface area is 222 Å². The maximum Gasteiger partial charge on any atom is 0.339 e. The van der Waals surface area contributed by atoms with Gasteiger partial charge in [-0.15, -0.1) is 0 Å². The van der Waals surface area contributed by atoms with Crippen LogP contribution in [0, 0.1) is 18.3 Å². The van der Waals surface area contributed by atoms with Crippen LogP contribution >= 0.6 is 27.7 Å². The summed E-state index contributed by atoms with van der Waals surface area (Å²) in [4.78, 5) is 17.1. The number of hydrazone groups is 1. The summed E-state index contributed by atoms with van der Waals surface area (Å²) in [6.45, 7) is 1.86. The second kappa shape index (κ2) is 9.95. The van der Waals surface area contributed by atoms with Crippen molar-refractivity contribution in [2.24, 2.45) is 16.0 Å². The van der Waals surface area contributed by atoms with Crippen molar-refractivity contribution >= 4 is 65.8 Å². The van der Waals surface area contributed by atoms with Crippen LogP contribution in [0.25, 0.3) is 6.08 Å². The van der Waals surface area contributed by atoms with E-state index in [0.29, 0.717) is 21.1 Å². The number of carbonyl (C=O) groups is 1. The molecule has 0 spiro atoms. The average molecular weight is 588 g/mol. The van der Waals surface area contributed by atoms with E-state index in [0.717, 1.165) is 36.3 Å². The zero-order chi connectivity index (χ0) is 25.4. The van der Waals surface area contributed by atoms with Crippen molar-refractivity contribution in [3.05, 3.63) is 63.6 Å². The summed E-state index contributed by atoms with van der Waals surface area (Å²) in [6, 6.07) is 11.1. The number of halogens is 1. The van der Waals surface area contributed by atoms with Gasteiger partial charge in [0.25, 0.3) is 5.91 Å². The number of rotatable bonds is 5. The fourth-order valence-corrected chi connectivity index (χ4v) is 6.65. The minimum atomic E-state index is -4.11. The smallest absolute Gasteiger partial charge is 0.339 e. The van der Waals surface area contributed by atoms with Crippen molar-refractivity contribution in [2.45, 2.75) is 43.9 Å². The third kappa shape index (κ3) is 5.05. The minimum Gasteiger partial charge on any atom is -0.378 e. The van der Waals surface area contributed by atoms with Gasteiger partial charge in [-0.05, 0) is 67.9 Å². The summed E-state index contributed by atoms with van der Waals surface area (Å²) in [5.74, 6) is -0.324. The third-order valence-electron chi connectivity index (χ3n) is 6.21. The molecule has 1 saturated carbocycles. The lowest BCUT2D eigenvalue weighted by molar-refractivity contribution is -0.114. The number of nitrogens with one attached hydrogen (secondary N) is 1. The Balaban J connectivity index is 1.46. The standard InChI is InChI=1S/C25H23BrN4O4S2/c1-15-7-10-19(11-8-15)36(32,33)34-21-12-9-18(26)13-17(21)14-20-22(27)30-25(28-23(20)31)35-24(29-30)16-5-3-2-4-6-16/h7-14,16,27H,2-6H2,1H3/b20-14-,27-22?. The number of fused-ring (bicyclic) bond motifs is 1. The van der Waals surface area contributed by atoms with Gasteiger partial charge in [0.2, 0.25) is 5.17 Å². The van der Waals surface area contributed by atoms with Crippen LogP contribution in [0.2, 0.25) is 0 Å². The second-order valence-corrected chi connectivity index (χ2v) is 12.3. The van der Waals surface area contributed by atoms with Crippen LogP contribution in [0.3, 0.4) is 0 Å². The molecular formula is C25H23BrN4O4S2. The molecule has 8 nitrogen and oxygen atoms in total. The number of nitrogens with zero attached hydrogens (tertiary/aromatic N) is 3. The molecular weight excluding hydrogens is 564 g/mol. The first kappa shape index (κ1) is 24.9. The molecule has 3 aliphatic rings. The summed E-state index contributed by atoms with van der Waals surface area (Å²) in [5, 5.41) is 16.0. The Morgan fingerprint density at radius 3 is 2.58 bits per heavy atom. The van der Waals surface area contributed by atoms with Gasteiger partial charge in [0.15, 0.2) is 5.84 Å². The van der Waals surface area contributed by atoms with Gasteiger partial charge < -0.3 is 4.18 Å². The van der Waals surface area contributed by atoms with Gasteiger partial charge >= 0.3 is 10.1 Å². The van der Waals surface area contributed by atoms with Crippen LogP contribution in [-0.4, -0.2) is 35.4 Å². The van der Waals surface area contributed by atoms with Crippen LogP contribution in [0.15, 0.2) is 67.5 Å². The highest BCUT2D eigenvalue weighted by Gasteiger charge is 2.38. The van der Waals surface area contributed by atoms with E-state index in [2.05, 4.69) is 26.0 Å². The SMILES string of the molecule is Cc1ccc(S(=O)(=O)Oc2ccc(Br)cc2/C=C2/C(=N)N3N=C(C4CCCCC4)SC3=NC2=O)cc1. The molecule has 2 heterocycles. The van der Waals surface area contributed by atoms with E-state index < -0.39 is 16.0 Å². The Kier molecular flexibility index (Phi) is 6.88. The molecule has 186 valence electrons. The quantitative estimate of drug-likeness (QED) is 0.354. The molecule has 0 bridgehead atoms. The Bertz CT molecular complexity index is 1440. The van der Waals surface area contributed by atoms with Crippen molar-refractivity contribution in [3.8, 4) is 5.75 Å². The molecule has 1 aliphatic carbocycles. The molecule has 1 N–H and O–H groups in total. The van der Waals surface area contributed by atoms with Gasteiger partial charge in [-0.2, -0.15) is 23.5 Å². The number of aryl methyl sites for hydroxylation is 1. The Hall–Kier alpha value is -2.76. The first-order valence-electron chi connectivity index (χ1n) is 11.5. The molecule has 1 amide bonds. The third-order valence-corrected chi connectivity index (χ3v) is 9.02. The Morgan fingerprint density at radius 1 is 1.14 bits per heavy atom. The highest BCUT2D eigenvalue weighted by Crippen LogP contribution is 2.37. The van der Waals surface area contributed by atoms with Crippen molar-refractivity contribution in [1.29, 1.82) is 5.41 Å². The fourth-order valence-electron chi connectivity index (χ4n) is 4.26. The van der Waals surface area contributed by atoms with Gasteiger partial charge in [0.05, 0.1) is 5.57 Å². The first-order valence-corrected chi connectivity index (χ1v) is 14.5. The average Bonchev–Trinajstić information content (AvgIpc) is 3.28. The number of hydrogen-bond acceptors (Lipinski definition) is 7. The lowest BCUT2D eigenvalue weighted by Crippen LogP contribution is -2.35. The number of amides is 1. The van der Waals surface area contributed by atoms with Gasteiger partial charge in [-0.3, -0.25) is 10.2 Å². The largest absolute Gasteiger partial charge is 0.378 e.